The highest BCUT2D eigenvalue weighted by atomic mass is 16.5. The third-order valence-corrected chi connectivity index (χ3v) is 4.66. The third kappa shape index (κ3) is 8.23. The van der Waals surface area contributed by atoms with E-state index >= 15 is 0 Å². The lowest BCUT2D eigenvalue weighted by molar-refractivity contribution is 0.0194. The highest BCUT2D eigenvalue weighted by Gasteiger charge is 2.18. The molecular weight excluding hydrogens is 330 g/mol. The Balaban J connectivity index is 1.84. The summed E-state index contributed by atoms with van der Waals surface area (Å²) in [5.74, 6) is 1.82. The number of aliphatic imine (C=N–C) groups is 1. The van der Waals surface area contributed by atoms with E-state index in [4.69, 9.17) is 18.9 Å². The van der Waals surface area contributed by atoms with Gasteiger partial charge in [0.2, 0.25) is 0 Å². The Labute approximate surface area is 157 Å². The number of nitrogens with one attached hydrogen (secondary N) is 2. The van der Waals surface area contributed by atoms with Crippen molar-refractivity contribution in [2.75, 3.05) is 40.0 Å². The van der Waals surface area contributed by atoms with Crippen molar-refractivity contribution in [2.24, 2.45) is 10.4 Å². The molecule has 1 atom stereocenters. The fraction of sp³-hybridized carbons (Fsp3) is 0.750. The number of furan rings is 1. The van der Waals surface area contributed by atoms with E-state index in [9.17, 15) is 0 Å². The molecular formula is C20H35N3O3. The van der Waals surface area contributed by atoms with Crippen molar-refractivity contribution in [3.05, 3.63) is 24.2 Å². The zero-order chi connectivity index (χ0) is 18.7. The molecule has 1 unspecified atom stereocenters. The summed E-state index contributed by atoms with van der Waals surface area (Å²) >= 11 is 0. The topological polar surface area (TPSA) is 68.0 Å². The van der Waals surface area contributed by atoms with Gasteiger partial charge in [0, 0.05) is 46.4 Å². The average molecular weight is 366 g/mol. The molecule has 2 N–H and O–H groups in total. The van der Waals surface area contributed by atoms with Gasteiger partial charge in [0.15, 0.2) is 5.96 Å². The lowest BCUT2D eigenvalue weighted by Gasteiger charge is -2.25. The maximum Gasteiger partial charge on any atom is 0.191 e. The maximum atomic E-state index is 5.81. The van der Waals surface area contributed by atoms with Gasteiger partial charge in [-0.05, 0) is 43.2 Å². The molecule has 148 valence electrons. The molecule has 0 aromatic carbocycles. The van der Waals surface area contributed by atoms with Gasteiger partial charge in [0.1, 0.15) is 5.76 Å². The van der Waals surface area contributed by atoms with Crippen LogP contribution in [0.15, 0.2) is 27.8 Å². The second kappa shape index (κ2) is 11.2. The quantitative estimate of drug-likeness (QED) is 0.493. The summed E-state index contributed by atoms with van der Waals surface area (Å²) in [5.41, 5.74) is 0.104. The number of methoxy groups -OCH3 is 1. The summed E-state index contributed by atoms with van der Waals surface area (Å²) in [6.45, 7) is 8.40. The normalized spacial score (nSPS) is 18.7. The minimum atomic E-state index is 0.104. The Hall–Kier alpha value is -1.53. The molecule has 1 aromatic rings. The van der Waals surface area contributed by atoms with Gasteiger partial charge < -0.3 is 24.5 Å². The van der Waals surface area contributed by atoms with Crippen LogP contribution in [0.3, 0.4) is 0 Å². The van der Waals surface area contributed by atoms with Crippen LogP contribution in [0.1, 0.15) is 45.3 Å². The molecule has 1 fully saturated rings. The number of hydrogen-bond donors (Lipinski definition) is 2. The number of nitrogens with zero attached hydrogens (tertiary/aromatic N) is 1. The maximum absolute atomic E-state index is 5.81. The Bertz CT molecular complexity index is 508. The van der Waals surface area contributed by atoms with E-state index in [1.54, 1.807) is 13.4 Å². The molecule has 1 aliphatic heterocycles. The highest BCUT2D eigenvalue weighted by Crippen LogP contribution is 2.20. The number of hydrogen-bond acceptors (Lipinski definition) is 4. The van der Waals surface area contributed by atoms with E-state index < -0.39 is 0 Å². The zero-order valence-corrected chi connectivity index (χ0v) is 16.6. The summed E-state index contributed by atoms with van der Waals surface area (Å²) in [5, 5.41) is 6.87. The molecule has 6 heteroatoms. The summed E-state index contributed by atoms with van der Waals surface area (Å²) < 4.78 is 16.4. The summed E-state index contributed by atoms with van der Waals surface area (Å²) in [4.78, 5) is 4.80. The second-order valence-corrected chi connectivity index (χ2v) is 7.70. The van der Waals surface area contributed by atoms with Gasteiger partial charge in [-0.1, -0.05) is 13.8 Å². The van der Waals surface area contributed by atoms with Gasteiger partial charge in [-0.25, -0.2) is 0 Å². The predicted molar refractivity (Wildman–Crippen MR) is 105 cm³/mol. The molecule has 0 spiro atoms. The van der Waals surface area contributed by atoms with Gasteiger partial charge in [0.25, 0.3) is 0 Å². The Morgan fingerprint density at radius 2 is 2.23 bits per heavy atom. The number of rotatable bonds is 10. The van der Waals surface area contributed by atoms with Crippen molar-refractivity contribution in [3.8, 4) is 0 Å². The SMILES string of the molecule is COCCC(C)(C)CN=C(NCCc1ccco1)NCC1CCCCO1. The van der Waals surface area contributed by atoms with Crippen molar-refractivity contribution >= 4 is 5.96 Å². The molecule has 26 heavy (non-hydrogen) atoms. The van der Waals surface area contributed by atoms with Gasteiger partial charge in [-0.3, -0.25) is 4.99 Å². The molecule has 6 nitrogen and oxygen atoms in total. The molecule has 1 aromatic heterocycles. The van der Waals surface area contributed by atoms with Crippen LogP contribution in [0, 0.1) is 5.41 Å². The van der Waals surface area contributed by atoms with Crippen LogP contribution in [0.5, 0.6) is 0 Å². The van der Waals surface area contributed by atoms with Crippen LogP contribution in [-0.4, -0.2) is 52.0 Å². The number of guanidine groups is 1. The molecule has 0 aliphatic carbocycles. The Morgan fingerprint density at radius 3 is 2.92 bits per heavy atom. The summed E-state index contributed by atoms with van der Waals surface area (Å²) in [6, 6.07) is 3.91. The predicted octanol–water partition coefficient (Wildman–Crippen LogP) is 2.99. The lowest BCUT2D eigenvalue weighted by Crippen LogP contribution is -2.43. The van der Waals surface area contributed by atoms with Crippen molar-refractivity contribution < 1.29 is 13.9 Å². The van der Waals surface area contributed by atoms with E-state index in [2.05, 4.69) is 24.5 Å². The van der Waals surface area contributed by atoms with Gasteiger partial charge in [-0.15, -0.1) is 0 Å². The number of ether oxygens (including phenoxy) is 2. The first-order valence-electron chi connectivity index (χ1n) is 9.74. The molecule has 0 bridgehead atoms. The molecule has 0 amide bonds. The lowest BCUT2D eigenvalue weighted by atomic mass is 9.90. The van der Waals surface area contributed by atoms with Gasteiger partial charge in [-0.2, -0.15) is 0 Å². The smallest absolute Gasteiger partial charge is 0.191 e. The van der Waals surface area contributed by atoms with Crippen LogP contribution >= 0.6 is 0 Å². The molecule has 0 saturated carbocycles. The fourth-order valence-corrected chi connectivity index (χ4v) is 2.86. The van der Waals surface area contributed by atoms with E-state index in [1.807, 2.05) is 12.1 Å². The van der Waals surface area contributed by atoms with Gasteiger partial charge in [0.05, 0.1) is 12.4 Å². The molecule has 0 radical (unpaired) electrons. The highest BCUT2D eigenvalue weighted by molar-refractivity contribution is 5.79. The molecule has 2 heterocycles. The Morgan fingerprint density at radius 1 is 1.35 bits per heavy atom. The molecule has 2 rings (SSSR count). The van der Waals surface area contributed by atoms with Crippen LogP contribution in [-0.2, 0) is 15.9 Å². The van der Waals surface area contributed by atoms with Crippen molar-refractivity contribution in [1.82, 2.24) is 10.6 Å². The fourth-order valence-electron chi connectivity index (χ4n) is 2.86. The first-order chi connectivity index (χ1) is 12.6. The summed E-state index contributed by atoms with van der Waals surface area (Å²) in [6.07, 6.45) is 7.34. The first kappa shape index (κ1) is 20.8. The average Bonchev–Trinajstić information content (AvgIpc) is 3.16. The minimum Gasteiger partial charge on any atom is -0.469 e. The van der Waals surface area contributed by atoms with Crippen molar-refractivity contribution in [2.45, 2.75) is 52.1 Å². The Kier molecular flexibility index (Phi) is 8.98. The zero-order valence-electron chi connectivity index (χ0n) is 16.6. The third-order valence-electron chi connectivity index (χ3n) is 4.66. The minimum absolute atomic E-state index is 0.104. The molecule has 1 saturated heterocycles. The summed E-state index contributed by atoms with van der Waals surface area (Å²) in [7, 11) is 1.74. The van der Waals surface area contributed by atoms with E-state index in [0.717, 1.165) is 63.8 Å². The molecule has 1 aliphatic rings. The van der Waals surface area contributed by atoms with Crippen molar-refractivity contribution in [3.63, 3.8) is 0 Å². The monoisotopic (exact) mass is 365 g/mol. The van der Waals surface area contributed by atoms with E-state index in [0.29, 0.717) is 0 Å². The largest absolute Gasteiger partial charge is 0.469 e. The second-order valence-electron chi connectivity index (χ2n) is 7.70. The van der Waals surface area contributed by atoms with Crippen molar-refractivity contribution in [1.29, 1.82) is 0 Å². The van der Waals surface area contributed by atoms with Crippen LogP contribution < -0.4 is 10.6 Å². The van der Waals surface area contributed by atoms with Gasteiger partial charge >= 0.3 is 0 Å². The van der Waals surface area contributed by atoms with Crippen LogP contribution in [0.4, 0.5) is 0 Å². The van der Waals surface area contributed by atoms with Crippen LogP contribution in [0.25, 0.3) is 0 Å². The van der Waals surface area contributed by atoms with E-state index in [-0.39, 0.29) is 11.5 Å². The van der Waals surface area contributed by atoms with Crippen LogP contribution in [0.2, 0.25) is 0 Å². The first-order valence-corrected chi connectivity index (χ1v) is 9.74. The van der Waals surface area contributed by atoms with E-state index in [1.165, 1.54) is 12.8 Å². The standard InChI is InChI=1S/C20H35N3O3/c1-20(2,10-14-24-3)16-23-19(21-11-9-17-8-6-13-25-17)22-15-18-7-4-5-12-26-18/h6,8,13,18H,4-5,7,9-12,14-16H2,1-3H3,(H2,21,22,23).